The molecule has 0 fully saturated rings. The van der Waals surface area contributed by atoms with Crippen molar-refractivity contribution in [3.63, 3.8) is 0 Å². The van der Waals surface area contributed by atoms with Gasteiger partial charge in [-0.1, -0.05) is 24.7 Å². The van der Waals surface area contributed by atoms with Gasteiger partial charge >= 0.3 is 0 Å². The smallest absolute Gasteiger partial charge is 0.183 e. The maximum Gasteiger partial charge on any atom is 0.183 e. The van der Waals surface area contributed by atoms with Crippen LogP contribution in [0.3, 0.4) is 0 Å². The van der Waals surface area contributed by atoms with E-state index in [2.05, 4.69) is 17.2 Å². The van der Waals surface area contributed by atoms with E-state index in [0.29, 0.717) is 0 Å². The Morgan fingerprint density at radius 1 is 1.32 bits per heavy atom. The van der Waals surface area contributed by atoms with Gasteiger partial charge in [0, 0.05) is 13.2 Å². The number of thiazole rings is 1. The molecule has 2 rings (SSSR count). The highest BCUT2D eigenvalue weighted by atomic mass is 32.1. The van der Waals surface area contributed by atoms with Crippen LogP contribution >= 0.6 is 11.3 Å². The molecule has 0 aliphatic rings. The summed E-state index contributed by atoms with van der Waals surface area (Å²) in [7, 11) is 1.68. The largest absolute Gasteiger partial charge is 0.497 e. The molecule has 1 aromatic heterocycles. The molecular weight excluding hydrogens is 260 g/mol. The van der Waals surface area contributed by atoms with Crippen LogP contribution in [0.15, 0.2) is 18.2 Å². The Morgan fingerprint density at radius 3 is 3.00 bits per heavy atom. The maximum atomic E-state index is 5.50. The van der Waals surface area contributed by atoms with Crippen LogP contribution in [0.4, 0.5) is 5.13 Å². The number of rotatable bonds is 8. The van der Waals surface area contributed by atoms with E-state index < -0.39 is 0 Å². The van der Waals surface area contributed by atoms with E-state index in [0.717, 1.165) is 47.3 Å². The average molecular weight is 280 g/mol. The summed E-state index contributed by atoms with van der Waals surface area (Å²) >= 11 is 1.64. The number of methoxy groups -OCH3 is 1. The molecule has 0 amide bonds. The molecule has 0 spiro atoms. The first-order valence-electron chi connectivity index (χ1n) is 6.59. The minimum absolute atomic E-state index is 0.721. The van der Waals surface area contributed by atoms with Crippen molar-refractivity contribution in [3.05, 3.63) is 18.2 Å². The number of benzene rings is 1. The number of fused-ring (bicyclic) bond motifs is 1. The van der Waals surface area contributed by atoms with Crippen molar-refractivity contribution in [2.24, 2.45) is 0 Å². The summed E-state index contributed by atoms with van der Waals surface area (Å²) in [6, 6.07) is 5.92. The minimum Gasteiger partial charge on any atom is -0.497 e. The first kappa shape index (κ1) is 14.1. The molecule has 1 heterocycles. The van der Waals surface area contributed by atoms with Gasteiger partial charge in [0.15, 0.2) is 5.13 Å². The molecule has 1 aromatic carbocycles. The number of anilines is 1. The summed E-state index contributed by atoms with van der Waals surface area (Å²) in [6.07, 6.45) is 2.30. The van der Waals surface area contributed by atoms with Gasteiger partial charge in [-0.05, 0) is 24.6 Å². The number of nitrogens with one attached hydrogen (secondary N) is 1. The van der Waals surface area contributed by atoms with Crippen LogP contribution in [-0.4, -0.2) is 31.9 Å². The molecule has 0 aliphatic heterocycles. The van der Waals surface area contributed by atoms with Gasteiger partial charge in [0.1, 0.15) is 5.75 Å². The molecular formula is C14H20N2O2S. The summed E-state index contributed by atoms with van der Waals surface area (Å²) in [4.78, 5) is 4.52. The molecule has 19 heavy (non-hydrogen) atoms. The molecule has 104 valence electrons. The number of hydrogen-bond donors (Lipinski definition) is 1. The van der Waals surface area contributed by atoms with Crippen LogP contribution in [0.2, 0.25) is 0 Å². The molecule has 0 radical (unpaired) electrons. The van der Waals surface area contributed by atoms with E-state index in [4.69, 9.17) is 9.47 Å². The molecule has 0 saturated heterocycles. The van der Waals surface area contributed by atoms with Gasteiger partial charge < -0.3 is 14.8 Å². The zero-order chi connectivity index (χ0) is 13.5. The second-order valence-electron chi connectivity index (χ2n) is 4.25. The van der Waals surface area contributed by atoms with Crippen LogP contribution in [0, 0.1) is 0 Å². The van der Waals surface area contributed by atoms with Gasteiger partial charge in [0.2, 0.25) is 0 Å². The number of nitrogens with zero attached hydrogens (tertiary/aromatic N) is 1. The van der Waals surface area contributed by atoms with Gasteiger partial charge in [-0.15, -0.1) is 0 Å². The SMILES string of the molecule is CCCCOCCNc1nc2ccc(OC)cc2s1. The van der Waals surface area contributed by atoms with Gasteiger partial charge in [0.05, 0.1) is 23.9 Å². The monoisotopic (exact) mass is 280 g/mol. The van der Waals surface area contributed by atoms with E-state index in [1.807, 2.05) is 18.2 Å². The van der Waals surface area contributed by atoms with E-state index in [-0.39, 0.29) is 0 Å². The predicted octanol–water partition coefficient (Wildman–Crippen LogP) is 3.53. The van der Waals surface area contributed by atoms with Crippen molar-refractivity contribution in [1.82, 2.24) is 4.98 Å². The quantitative estimate of drug-likeness (QED) is 0.751. The molecule has 0 aliphatic carbocycles. The Labute approximate surface area is 117 Å². The molecule has 0 atom stereocenters. The van der Waals surface area contributed by atoms with Gasteiger partial charge in [-0.25, -0.2) is 4.98 Å². The Balaban J connectivity index is 1.84. The number of ether oxygens (including phenoxy) is 2. The Morgan fingerprint density at radius 2 is 2.21 bits per heavy atom. The first-order valence-corrected chi connectivity index (χ1v) is 7.41. The van der Waals surface area contributed by atoms with Gasteiger partial charge in [-0.2, -0.15) is 0 Å². The lowest BCUT2D eigenvalue weighted by Gasteiger charge is -2.03. The molecule has 1 N–H and O–H groups in total. The molecule has 0 saturated carbocycles. The third-order valence-corrected chi connectivity index (χ3v) is 3.74. The maximum absolute atomic E-state index is 5.50. The Bertz CT molecular complexity index is 513. The molecule has 2 aromatic rings. The second-order valence-corrected chi connectivity index (χ2v) is 5.28. The van der Waals surface area contributed by atoms with Crippen LogP contribution in [-0.2, 0) is 4.74 Å². The summed E-state index contributed by atoms with van der Waals surface area (Å²) in [6.45, 7) is 4.52. The predicted molar refractivity (Wildman–Crippen MR) is 80.4 cm³/mol. The minimum atomic E-state index is 0.721. The topological polar surface area (TPSA) is 43.4 Å². The highest BCUT2D eigenvalue weighted by Crippen LogP contribution is 2.28. The van der Waals surface area contributed by atoms with Crippen LogP contribution in [0.25, 0.3) is 10.2 Å². The summed E-state index contributed by atoms with van der Waals surface area (Å²) < 4.78 is 11.8. The lowest BCUT2D eigenvalue weighted by Crippen LogP contribution is -2.09. The van der Waals surface area contributed by atoms with Crippen molar-refractivity contribution in [3.8, 4) is 5.75 Å². The van der Waals surface area contributed by atoms with E-state index >= 15 is 0 Å². The van der Waals surface area contributed by atoms with Crippen molar-refractivity contribution in [2.45, 2.75) is 19.8 Å². The highest BCUT2D eigenvalue weighted by Gasteiger charge is 2.04. The summed E-state index contributed by atoms with van der Waals surface area (Å²) in [5, 5.41) is 4.22. The lowest BCUT2D eigenvalue weighted by molar-refractivity contribution is 0.141. The Hall–Kier alpha value is -1.33. The normalized spacial score (nSPS) is 10.8. The van der Waals surface area contributed by atoms with Crippen molar-refractivity contribution < 1.29 is 9.47 Å². The molecule has 5 heteroatoms. The van der Waals surface area contributed by atoms with Crippen molar-refractivity contribution in [2.75, 3.05) is 32.2 Å². The molecule has 0 unspecified atom stereocenters. The fraction of sp³-hybridized carbons (Fsp3) is 0.500. The van der Waals surface area contributed by atoms with E-state index in [1.54, 1.807) is 18.4 Å². The Kier molecular flexibility index (Phi) is 5.42. The van der Waals surface area contributed by atoms with Gasteiger partial charge in [-0.3, -0.25) is 0 Å². The third kappa shape index (κ3) is 4.08. The number of aromatic nitrogens is 1. The standard InChI is InChI=1S/C14H20N2O2S/c1-3-4-8-18-9-7-15-14-16-12-6-5-11(17-2)10-13(12)19-14/h5-6,10H,3-4,7-9H2,1-2H3,(H,15,16). The highest BCUT2D eigenvalue weighted by molar-refractivity contribution is 7.22. The van der Waals surface area contributed by atoms with Gasteiger partial charge in [0.25, 0.3) is 0 Å². The van der Waals surface area contributed by atoms with Crippen molar-refractivity contribution in [1.29, 1.82) is 0 Å². The molecule has 4 nitrogen and oxygen atoms in total. The van der Waals surface area contributed by atoms with E-state index in [1.165, 1.54) is 6.42 Å². The third-order valence-electron chi connectivity index (χ3n) is 2.76. The lowest BCUT2D eigenvalue weighted by atomic mass is 10.3. The number of unbranched alkanes of at least 4 members (excludes halogenated alkanes) is 1. The van der Waals surface area contributed by atoms with Crippen LogP contribution in [0.5, 0.6) is 5.75 Å². The van der Waals surface area contributed by atoms with Crippen molar-refractivity contribution >= 4 is 26.7 Å². The number of hydrogen-bond acceptors (Lipinski definition) is 5. The second kappa shape index (κ2) is 7.31. The summed E-state index contributed by atoms with van der Waals surface area (Å²) in [5.41, 5.74) is 1.00. The molecule has 0 bridgehead atoms. The van der Waals surface area contributed by atoms with Crippen LogP contribution < -0.4 is 10.1 Å². The zero-order valence-corrected chi connectivity index (χ0v) is 12.3. The van der Waals surface area contributed by atoms with E-state index in [9.17, 15) is 0 Å². The summed E-state index contributed by atoms with van der Waals surface area (Å²) in [5.74, 6) is 0.866. The average Bonchev–Trinajstić information content (AvgIpc) is 2.84. The van der Waals surface area contributed by atoms with Crippen LogP contribution in [0.1, 0.15) is 19.8 Å². The first-order chi connectivity index (χ1) is 9.33. The fourth-order valence-electron chi connectivity index (χ4n) is 1.69. The fourth-order valence-corrected chi connectivity index (χ4v) is 2.61. The zero-order valence-electron chi connectivity index (χ0n) is 11.4.